The third-order valence-electron chi connectivity index (χ3n) is 4.20. The van der Waals surface area contributed by atoms with Gasteiger partial charge in [0.05, 0.1) is 12.1 Å². The Morgan fingerprint density at radius 3 is 2.95 bits per heavy atom. The molecule has 4 heteroatoms. The second kappa shape index (κ2) is 5.26. The van der Waals surface area contributed by atoms with Gasteiger partial charge in [0, 0.05) is 18.2 Å². The standard InChI is InChI=1S/C16H17FN2O/c17-15-6-4-11(2-1-7-18)9-14(15)16(20)19-10-12-3-5-13(19)8-12/h4,6,9,12-13H,3,5,7-8,10,18H2. The number of fused-ring (bicyclic) bond motifs is 2. The second-order valence-corrected chi connectivity index (χ2v) is 5.49. The van der Waals surface area contributed by atoms with E-state index < -0.39 is 5.82 Å². The third kappa shape index (κ3) is 2.30. The van der Waals surface area contributed by atoms with Crippen LogP contribution in [0.25, 0.3) is 0 Å². The van der Waals surface area contributed by atoms with Crippen LogP contribution in [0.1, 0.15) is 35.2 Å². The number of nitrogens with two attached hydrogens (primary N) is 1. The topological polar surface area (TPSA) is 46.3 Å². The lowest BCUT2D eigenvalue weighted by Gasteiger charge is -2.27. The van der Waals surface area contributed by atoms with Crippen molar-refractivity contribution in [3.8, 4) is 11.8 Å². The molecular formula is C16H17FN2O. The van der Waals surface area contributed by atoms with Crippen LogP contribution in [0.2, 0.25) is 0 Å². The molecule has 2 atom stereocenters. The fourth-order valence-electron chi connectivity index (χ4n) is 3.25. The summed E-state index contributed by atoms with van der Waals surface area (Å²) >= 11 is 0. The molecule has 1 aliphatic carbocycles. The summed E-state index contributed by atoms with van der Waals surface area (Å²) in [5, 5.41) is 0. The van der Waals surface area contributed by atoms with E-state index in [9.17, 15) is 9.18 Å². The summed E-state index contributed by atoms with van der Waals surface area (Å²) in [7, 11) is 0. The number of likely N-dealkylation sites (tertiary alicyclic amines) is 1. The number of carbonyl (C=O) groups excluding carboxylic acids is 1. The van der Waals surface area contributed by atoms with Crippen LogP contribution in [-0.2, 0) is 0 Å². The van der Waals surface area contributed by atoms with Crippen LogP contribution in [0.15, 0.2) is 18.2 Å². The summed E-state index contributed by atoms with van der Waals surface area (Å²) in [6, 6.07) is 4.71. The molecule has 0 aromatic heterocycles. The van der Waals surface area contributed by atoms with Crippen LogP contribution < -0.4 is 5.73 Å². The maximum absolute atomic E-state index is 13.9. The van der Waals surface area contributed by atoms with Gasteiger partial charge in [-0.25, -0.2) is 4.39 Å². The van der Waals surface area contributed by atoms with Crippen LogP contribution in [-0.4, -0.2) is 29.9 Å². The summed E-state index contributed by atoms with van der Waals surface area (Å²) in [5.41, 5.74) is 6.08. The summed E-state index contributed by atoms with van der Waals surface area (Å²) in [4.78, 5) is 14.3. The molecule has 2 fully saturated rings. The Kier molecular flexibility index (Phi) is 3.45. The second-order valence-electron chi connectivity index (χ2n) is 5.49. The maximum Gasteiger partial charge on any atom is 0.257 e. The molecule has 0 radical (unpaired) electrons. The fraction of sp³-hybridized carbons (Fsp3) is 0.438. The number of benzene rings is 1. The molecule has 1 saturated heterocycles. The van der Waals surface area contributed by atoms with Crippen molar-refractivity contribution in [2.45, 2.75) is 25.3 Å². The molecule has 2 bridgehead atoms. The van der Waals surface area contributed by atoms with E-state index in [4.69, 9.17) is 5.73 Å². The largest absolute Gasteiger partial charge is 0.335 e. The first-order valence-electron chi connectivity index (χ1n) is 6.98. The zero-order chi connectivity index (χ0) is 14.1. The minimum Gasteiger partial charge on any atom is -0.335 e. The minimum absolute atomic E-state index is 0.126. The molecule has 1 aromatic rings. The predicted octanol–water partition coefficient (Wildman–Crippen LogP) is 1.76. The molecule has 20 heavy (non-hydrogen) atoms. The van der Waals surface area contributed by atoms with Gasteiger partial charge in [-0.2, -0.15) is 0 Å². The molecule has 3 nitrogen and oxygen atoms in total. The molecule has 104 valence electrons. The van der Waals surface area contributed by atoms with Crippen molar-refractivity contribution in [3.05, 3.63) is 35.1 Å². The molecule has 3 rings (SSSR count). The number of hydrogen-bond donors (Lipinski definition) is 1. The van der Waals surface area contributed by atoms with Gasteiger partial charge in [-0.05, 0) is 43.4 Å². The molecule has 1 aromatic carbocycles. The quantitative estimate of drug-likeness (QED) is 0.792. The Labute approximate surface area is 117 Å². The van der Waals surface area contributed by atoms with Crippen LogP contribution >= 0.6 is 0 Å². The normalized spacial score (nSPS) is 23.6. The van der Waals surface area contributed by atoms with E-state index in [2.05, 4.69) is 11.8 Å². The molecule has 2 unspecified atom stereocenters. The van der Waals surface area contributed by atoms with Crippen molar-refractivity contribution < 1.29 is 9.18 Å². The summed E-state index contributed by atoms with van der Waals surface area (Å²) in [5.74, 6) is 5.48. The van der Waals surface area contributed by atoms with Gasteiger partial charge in [0.2, 0.25) is 0 Å². The fourth-order valence-corrected chi connectivity index (χ4v) is 3.25. The van der Waals surface area contributed by atoms with Crippen molar-refractivity contribution >= 4 is 5.91 Å². The van der Waals surface area contributed by atoms with Crippen LogP contribution in [0.3, 0.4) is 0 Å². The van der Waals surface area contributed by atoms with E-state index in [1.165, 1.54) is 18.6 Å². The van der Waals surface area contributed by atoms with E-state index in [0.29, 0.717) is 17.5 Å². The zero-order valence-electron chi connectivity index (χ0n) is 11.2. The number of hydrogen-bond acceptors (Lipinski definition) is 2. The number of rotatable bonds is 1. The first-order valence-corrected chi connectivity index (χ1v) is 6.98. The first-order chi connectivity index (χ1) is 9.69. The lowest BCUT2D eigenvalue weighted by Crippen LogP contribution is -2.38. The highest BCUT2D eigenvalue weighted by Gasteiger charge is 2.40. The SMILES string of the molecule is NCC#Cc1ccc(F)c(C(=O)N2CC3CCC2C3)c1. The van der Waals surface area contributed by atoms with Crippen molar-refractivity contribution in [2.75, 3.05) is 13.1 Å². The molecule has 0 spiro atoms. The number of carbonyl (C=O) groups is 1. The van der Waals surface area contributed by atoms with Crippen LogP contribution in [0.4, 0.5) is 4.39 Å². The van der Waals surface area contributed by atoms with Gasteiger partial charge >= 0.3 is 0 Å². The van der Waals surface area contributed by atoms with Gasteiger partial charge in [-0.3, -0.25) is 4.79 Å². The van der Waals surface area contributed by atoms with Gasteiger partial charge in [-0.1, -0.05) is 11.8 Å². The predicted molar refractivity (Wildman–Crippen MR) is 74.5 cm³/mol. The summed E-state index contributed by atoms with van der Waals surface area (Å²) in [6.07, 6.45) is 3.31. The molecule has 1 heterocycles. The zero-order valence-corrected chi connectivity index (χ0v) is 11.2. The van der Waals surface area contributed by atoms with Gasteiger partial charge in [-0.15, -0.1) is 0 Å². The monoisotopic (exact) mass is 272 g/mol. The van der Waals surface area contributed by atoms with E-state index in [1.807, 2.05) is 4.90 Å². The lowest BCUT2D eigenvalue weighted by molar-refractivity contribution is 0.0699. The average molecular weight is 272 g/mol. The molecule has 2 N–H and O–H groups in total. The van der Waals surface area contributed by atoms with Crippen molar-refractivity contribution in [1.29, 1.82) is 0 Å². The summed E-state index contributed by atoms with van der Waals surface area (Å²) in [6.45, 7) is 1.01. The summed E-state index contributed by atoms with van der Waals surface area (Å²) < 4.78 is 13.9. The number of piperidine rings is 1. The Morgan fingerprint density at radius 1 is 1.45 bits per heavy atom. The van der Waals surface area contributed by atoms with Crippen LogP contribution in [0.5, 0.6) is 0 Å². The van der Waals surface area contributed by atoms with Crippen LogP contribution in [0, 0.1) is 23.6 Å². The third-order valence-corrected chi connectivity index (χ3v) is 4.20. The van der Waals surface area contributed by atoms with E-state index in [-0.39, 0.29) is 18.0 Å². The first kappa shape index (κ1) is 13.1. The molecule has 2 aliphatic rings. The number of nitrogens with zero attached hydrogens (tertiary/aromatic N) is 1. The van der Waals surface area contributed by atoms with E-state index in [0.717, 1.165) is 19.4 Å². The molecule has 1 aliphatic heterocycles. The van der Waals surface area contributed by atoms with Gasteiger partial charge in [0.15, 0.2) is 0 Å². The number of halogens is 1. The van der Waals surface area contributed by atoms with Gasteiger partial charge in [0.25, 0.3) is 5.91 Å². The van der Waals surface area contributed by atoms with Crippen molar-refractivity contribution in [2.24, 2.45) is 11.7 Å². The lowest BCUT2D eigenvalue weighted by atomic mass is 10.1. The number of amides is 1. The Balaban J connectivity index is 1.87. The molecular weight excluding hydrogens is 255 g/mol. The van der Waals surface area contributed by atoms with Crippen molar-refractivity contribution in [3.63, 3.8) is 0 Å². The smallest absolute Gasteiger partial charge is 0.257 e. The highest BCUT2D eigenvalue weighted by Crippen LogP contribution is 2.38. The van der Waals surface area contributed by atoms with E-state index in [1.54, 1.807) is 6.07 Å². The molecule has 1 amide bonds. The molecule has 1 saturated carbocycles. The maximum atomic E-state index is 13.9. The highest BCUT2D eigenvalue weighted by atomic mass is 19.1. The van der Waals surface area contributed by atoms with Gasteiger partial charge in [0.1, 0.15) is 5.82 Å². The Morgan fingerprint density at radius 2 is 2.30 bits per heavy atom. The van der Waals surface area contributed by atoms with Crippen molar-refractivity contribution in [1.82, 2.24) is 4.90 Å². The average Bonchev–Trinajstić information content (AvgIpc) is 3.08. The van der Waals surface area contributed by atoms with E-state index >= 15 is 0 Å². The highest BCUT2D eigenvalue weighted by molar-refractivity contribution is 5.95. The Hall–Kier alpha value is -1.86. The van der Waals surface area contributed by atoms with Gasteiger partial charge < -0.3 is 10.6 Å². The minimum atomic E-state index is -0.476. The Bertz CT molecular complexity index is 602.